The Kier molecular flexibility index (Phi) is 19.3. The highest BCUT2D eigenvalue weighted by Gasteiger charge is 2.04. The summed E-state index contributed by atoms with van der Waals surface area (Å²) in [7, 11) is 1.45. The molecule has 0 aliphatic rings. The minimum absolute atomic E-state index is 0.0832. The fourth-order valence-electron chi connectivity index (χ4n) is 3.29. The van der Waals surface area contributed by atoms with Crippen LogP contribution in [0.25, 0.3) is 0 Å². The third-order valence-electron chi connectivity index (χ3n) is 5.04. The lowest BCUT2D eigenvalue weighted by molar-refractivity contribution is -0.140. The number of esters is 1. The normalized spacial score (nSPS) is 12.3. The van der Waals surface area contributed by atoms with Crippen LogP contribution < -0.4 is 0 Å². The second kappa shape index (κ2) is 19.8. The second-order valence-corrected chi connectivity index (χ2v) is 7.51. The fourth-order valence-corrected chi connectivity index (χ4v) is 3.29. The van der Waals surface area contributed by atoms with Gasteiger partial charge in [-0.3, -0.25) is 4.79 Å². The van der Waals surface area contributed by atoms with Crippen LogP contribution in [0.2, 0.25) is 0 Å². The molecule has 0 amide bonds. The number of aliphatic hydroxyl groups excluding tert-OH is 1. The molecule has 1 atom stereocenters. The number of methoxy groups -OCH3 is 1. The zero-order chi connectivity index (χ0) is 18.6. The maximum Gasteiger partial charge on any atom is 0.305 e. The van der Waals surface area contributed by atoms with Gasteiger partial charge in [0.25, 0.3) is 0 Å². The molecule has 0 aliphatic carbocycles. The first-order valence-electron chi connectivity index (χ1n) is 11.0. The molecule has 0 heterocycles. The van der Waals surface area contributed by atoms with Gasteiger partial charge in [0.05, 0.1) is 13.2 Å². The number of rotatable bonds is 19. The van der Waals surface area contributed by atoms with Crippen molar-refractivity contribution in [2.75, 3.05) is 7.11 Å². The highest BCUT2D eigenvalue weighted by atomic mass is 16.5. The molecular weight excluding hydrogens is 312 g/mol. The van der Waals surface area contributed by atoms with E-state index in [0.29, 0.717) is 6.42 Å². The maximum absolute atomic E-state index is 11.0. The summed E-state index contributed by atoms with van der Waals surface area (Å²) in [6, 6.07) is 0. The van der Waals surface area contributed by atoms with Crippen LogP contribution in [0.3, 0.4) is 0 Å². The molecule has 0 aromatic heterocycles. The summed E-state index contributed by atoms with van der Waals surface area (Å²) in [6.45, 7) is 2.26. The smallest absolute Gasteiger partial charge is 0.305 e. The molecule has 0 radical (unpaired) electrons. The first-order chi connectivity index (χ1) is 12.2. The van der Waals surface area contributed by atoms with Crippen molar-refractivity contribution >= 4 is 5.97 Å². The molecule has 0 bridgehead atoms. The Labute approximate surface area is 156 Å². The maximum atomic E-state index is 11.0. The van der Waals surface area contributed by atoms with Gasteiger partial charge in [0.2, 0.25) is 0 Å². The predicted octanol–water partition coefficient (Wildman–Crippen LogP) is 6.56. The van der Waals surface area contributed by atoms with E-state index in [4.69, 9.17) is 0 Å². The summed E-state index contributed by atoms with van der Waals surface area (Å²) in [5, 5.41) is 10.0. The average molecular weight is 357 g/mol. The molecule has 3 heteroatoms. The summed E-state index contributed by atoms with van der Waals surface area (Å²) in [5.74, 6) is -0.0921. The van der Waals surface area contributed by atoms with Crippen molar-refractivity contribution in [1.82, 2.24) is 0 Å². The molecule has 0 aromatic rings. The molecule has 0 fully saturated rings. The van der Waals surface area contributed by atoms with E-state index >= 15 is 0 Å². The van der Waals surface area contributed by atoms with Crippen molar-refractivity contribution in [1.29, 1.82) is 0 Å². The lowest BCUT2D eigenvalue weighted by Gasteiger charge is -2.10. The molecule has 1 N–H and O–H groups in total. The van der Waals surface area contributed by atoms with Crippen LogP contribution in [0.4, 0.5) is 0 Å². The summed E-state index contributed by atoms with van der Waals surface area (Å²) < 4.78 is 4.63. The molecule has 0 saturated heterocycles. The Morgan fingerprint density at radius 1 is 0.720 bits per heavy atom. The first kappa shape index (κ1) is 24.4. The topological polar surface area (TPSA) is 46.5 Å². The van der Waals surface area contributed by atoms with Crippen molar-refractivity contribution in [2.24, 2.45) is 0 Å². The van der Waals surface area contributed by atoms with Crippen molar-refractivity contribution < 1.29 is 14.6 Å². The standard InChI is InChI=1S/C22H44O3/c1-3-4-5-6-7-9-12-15-18-21(23)19-16-13-10-8-11-14-17-20-22(24)25-2/h21,23H,3-20H2,1-2H3. The fraction of sp³-hybridized carbons (Fsp3) is 0.955. The zero-order valence-corrected chi connectivity index (χ0v) is 17.1. The number of carbonyl (C=O) groups is 1. The van der Waals surface area contributed by atoms with Gasteiger partial charge in [-0.2, -0.15) is 0 Å². The van der Waals surface area contributed by atoms with Crippen LogP contribution in [-0.2, 0) is 9.53 Å². The summed E-state index contributed by atoms with van der Waals surface area (Å²) in [5.41, 5.74) is 0. The van der Waals surface area contributed by atoms with E-state index in [1.807, 2.05) is 0 Å². The third kappa shape index (κ3) is 19.6. The predicted molar refractivity (Wildman–Crippen MR) is 107 cm³/mol. The molecule has 1 unspecified atom stereocenters. The summed E-state index contributed by atoms with van der Waals surface area (Å²) in [6.07, 6.45) is 21.3. The molecule has 0 rings (SSSR count). The average Bonchev–Trinajstić information content (AvgIpc) is 2.62. The lowest BCUT2D eigenvalue weighted by atomic mass is 10.0. The van der Waals surface area contributed by atoms with Crippen molar-refractivity contribution in [3.63, 3.8) is 0 Å². The minimum atomic E-state index is -0.0921. The van der Waals surface area contributed by atoms with Crippen LogP contribution in [0.5, 0.6) is 0 Å². The summed E-state index contributed by atoms with van der Waals surface area (Å²) in [4.78, 5) is 11.0. The monoisotopic (exact) mass is 356 g/mol. The van der Waals surface area contributed by atoms with E-state index in [9.17, 15) is 9.90 Å². The van der Waals surface area contributed by atoms with Crippen molar-refractivity contribution in [3.8, 4) is 0 Å². The van der Waals surface area contributed by atoms with Gasteiger partial charge in [-0.05, 0) is 19.3 Å². The van der Waals surface area contributed by atoms with Crippen molar-refractivity contribution in [2.45, 2.75) is 129 Å². The molecule has 150 valence electrons. The van der Waals surface area contributed by atoms with Gasteiger partial charge in [-0.1, -0.05) is 96.8 Å². The van der Waals surface area contributed by atoms with Gasteiger partial charge in [0.15, 0.2) is 0 Å². The SMILES string of the molecule is CCCCCCCCCCC(O)CCCCCCCCCC(=O)OC. The highest BCUT2D eigenvalue weighted by Crippen LogP contribution is 2.15. The van der Waals surface area contributed by atoms with E-state index in [-0.39, 0.29) is 12.1 Å². The Balaban J connectivity index is 3.17. The Morgan fingerprint density at radius 3 is 1.56 bits per heavy atom. The number of ether oxygens (including phenoxy) is 1. The molecule has 25 heavy (non-hydrogen) atoms. The zero-order valence-electron chi connectivity index (χ0n) is 17.1. The molecule has 0 saturated carbocycles. The van der Waals surface area contributed by atoms with Gasteiger partial charge in [-0.25, -0.2) is 0 Å². The second-order valence-electron chi connectivity index (χ2n) is 7.51. The quantitative estimate of drug-likeness (QED) is 0.210. The Morgan fingerprint density at radius 2 is 1.12 bits per heavy atom. The van der Waals surface area contributed by atoms with Gasteiger partial charge in [-0.15, -0.1) is 0 Å². The van der Waals surface area contributed by atoms with Gasteiger partial charge < -0.3 is 9.84 Å². The number of carbonyl (C=O) groups excluding carboxylic acids is 1. The van der Waals surface area contributed by atoms with E-state index < -0.39 is 0 Å². The van der Waals surface area contributed by atoms with Gasteiger partial charge in [0, 0.05) is 6.42 Å². The van der Waals surface area contributed by atoms with E-state index in [1.165, 1.54) is 84.2 Å². The van der Waals surface area contributed by atoms with Gasteiger partial charge >= 0.3 is 5.97 Å². The summed E-state index contributed by atoms with van der Waals surface area (Å²) >= 11 is 0. The highest BCUT2D eigenvalue weighted by molar-refractivity contribution is 5.68. The van der Waals surface area contributed by atoms with Crippen LogP contribution in [0.1, 0.15) is 122 Å². The molecule has 0 aromatic carbocycles. The number of hydrogen-bond acceptors (Lipinski definition) is 3. The van der Waals surface area contributed by atoms with Crippen LogP contribution in [0, 0.1) is 0 Å². The van der Waals surface area contributed by atoms with E-state index in [0.717, 1.165) is 32.1 Å². The molecular formula is C22H44O3. The number of aliphatic hydroxyl groups is 1. The van der Waals surface area contributed by atoms with E-state index in [1.54, 1.807) is 0 Å². The minimum Gasteiger partial charge on any atom is -0.469 e. The van der Waals surface area contributed by atoms with E-state index in [2.05, 4.69) is 11.7 Å². The van der Waals surface area contributed by atoms with Crippen LogP contribution in [0.15, 0.2) is 0 Å². The van der Waals surface area contributed by atoms with Gasteiger partial charge in [0.1, 0.15) is 0 Å². The Bertz CT molecular complexity index is 278. The lowest BCUT2D eigenvalue weighted by Crippen LogP contribution is -2.05. The number of hydrogen-bond donors (Lipinski definition) is 1. The van der Waals surface area contributed by atoms with Crippen LogP contribution in [-0.4, -0.2) is 24.3 Å². The number of unbranched alkanes of at least 4 members (excludes halogenated alkanes) is 13. The molecule has 3 nitrogen and oxygen atoms in total. The molecule has 0 spiro atoms. The van der Waals surface area contributed by atoms with Crippen LogP contribution >= 0.6 is 0 Å². The Hall–Kier alpha value is -0.570. The third-order valence-corrected chi connectivity index (χ3v) is 5.04. The first-order valence-corrected chi connectivity index (χ1v) is 11.0. The molecule has 0 aliphatic heterocycles. The largest absolute Gasteiger partial charge is 0.469 e. The van der Waals surface area contributed by atoms with Crippen molar-refractivity contribution in [3.05, 3.63) is 0 Å².